The molecule has 0 fully saturated rings. The number of amides is 1. The number of likely N-dealkylation sites (N-methyl/N-ethyl adjacent to an activating group) is 1. The summed E-state index contributed by atoms with van der Waals surface area (Å²) in [5.41, 5.74) is 0. The first-order valence-corrected chi connectivity index (χ1v) is 3.32. The van der Waals surface area contributed by atoms with Gasteiger partial charge in [-0.2, -0.15) is 0 Å². The summed E-state index contributed by atoms with van der Waals surface area (Å²) in [7, 11) is 2.86. The highest BCUT2D eigenvalue weighted by molar-refractivity contribution is 5.82. The molecule has 0 bridgehead atoms. The lowest BCUT2D eigenvalue weighted by Crippen LogP contribution is -2.39. The number of hydrogen-bond acceptors (Lipinski definition) is 3. The Bertz CT molecular complexity index is 167. The fourth-order valence-corrected chi connectivity index (χ4v) is 0.601. The summed E-state index contributed by atoms with van der Waals surface area (Å²) >= 11 is 0. The lowest BCUT2D eigenvalue weighted by Gasteiger charge is -2.20. The number of methoxy groups -OCH3 is 1. The molecule has 0 heterocycles. The van der Waals surface area contributed by atoms with Gasteiger partial charge in [-0.3, -0.25) is 4.79 Å². The van der Waals surface area contributed by atoms with Crippen LogP contribution in [0.4, 0.5) is 0 Å². The second kappa shape index (κ2) is 3.95. The van der Waals surface area contributed by atoms with Crippen molar-refractivity contribution < 1.29 is 14.3 Å². The molecule has 64 valence electrons. The molecule has 0 saturated heterocycles. The Balaban J connectivity index is 4.12. The molecule has 0 aliphatic carbocycles. The maximum Gasteiger partial charge on any atom is 0.328 e. The van der Waals surface area contributed by atoms with Crippen molar-refractivity contribution >= 4 is 11.9 Å². The van der Waals surface area contributed by atoms with E-state index < -0.39 is 12.0 Å². The van der Waals surface area contributed by atoms with Crippen molar-refractivity contribution in [3.8, 4) is 0 Å². The largest absolute Gasteiger partial charge is 0.467 e. The van der Waals surface area contributed by atoms with Crippen LogP contribution in [0.5, 0.6) is 0 Å². The van der Waals surface area contributed by atoms with Crippen LogP contribution in [0.3, 0.4) is 0 Å². The fourth-order valence-electron chi connectivity index (χ4n) is 0.601. The SMILES string of the molecule is COC(=O)[C@H](C)N(C)C(C)=O. The van der Waals surface area contributed by atoms with Gasteiger partial charge in [-0.25, -0.2) is 4.79 Å². The van der Waals surface area contributed by atoms with Crippen molar-refractivity contribution in [2.45, 2.75) is 19.9 Å². The van der Waals surface area contributed by atoms with E-state index in [4.69, 9.17) is 0 Å². The summed E-state index contributed by atoms with van der Waals surface area (Å²) in [6, 6.07) is -0.502. The average molecular weight is 159 g/mol. The molecule has 0 unspecified atom stereocenters. The molecule has 11 heavy (non-hydrogen) atoms. The van der Waals surface area contributed by atoms with Gasteiger partial charge in [0.05, 0.1) is 7.11 Å². The van der Waals surface area contributed by atoms with Gasteiger partial charge in [0, 0.05) is 14.0 Å². The first-order chi connectivity index (χ1) is 5.00. The first-order valence-electron chi connectivity index (χ1n) is 3.32. The molecule has 0 aromatic carbocycles. The van der Waals surface area contributed by atoms with Crippen LogP contribution >= 0.6 is 0 Å². The molecule has 4 heteroatoms. The van der Waals surface area contributed by atoms with E-state index in [1.165, 1.54) is 18.9 Å². The second-order valence-electron chi connectivity index (χ2n) is 2.33. The fraction of sp³-hybridized carbons (Fsp3) is 0.714. The van der Waals surface area contributed by atoms with E-state index in [0.29, 0.717) is 0 Å². The molecular weight excluding hydrogens is 146 g/mol. The minimum atomic E-state index is -0.502. The van der Waals surface area contributed by atoms with E-state index in [1.54, 1.807) is 14.0 Å². The molecule has 0 aromatic heterocycles. The Kier molecular flexibility index (Phi) is 3.57. The first kappa shape index (κ1) is 9.94. The quantitative estimate of drug-likeness (QED) is 0.534. The lowest BCUT2D eigenvalue weighted by molar-refractivity contribution is -0.150. The number of carbonyl (C=O) groups excluding carboxylic acids is 2. The highest BCUT2D eigenvalue weighted by Gasteiger charge is 2.19. The Hall–Kier alpha value is -1.06. The van der Waals surface area contributed by atoms with Gasteiger partial charge in [0.1, 0.15) is 6.04 Å². The Morgan fingerprint density at radius 1 is 1.45 bits per heavy atom. The highest BCUT2D eigenvalue weighted by atomic mass is 16.5. The zero-order chi connectivity index (χ0) is 9.02. The molecule has 0 radical (unpaired) electrons. The number of hydrogen-bond donors (Lipinski definition) is 0. The highest BCUT2D eigenvalue weighted by Crippen LogP contribution is 1.97. The summed E-state index contributed by atoms with van der Waals surface area (Å²) < 4.78 is 4.45. The number of rotatable bonds is 2. The molecule has 1 amide bonds. The number of esters is 1. The summed E-state index contributed by atoms with van der Waals surface area (Å²) in [4.78, 5) is 22.9. The summed E-state index contributed by atoms with van der Waals surface area (Å²) in [6.07, 6.45) is 0. The predicted molar refractivity (Wildman–Crippen MR) is 39.9 cm³/mol. The van der Waals surface area contributed by atoms with Crippen LogP contribution in [0.2, 0.25) is 0 Å². The van der Waals surface area contributed by atoms with Gasteiger partial charge < -0.3 is 9.64 Å². The van der Waals surface area contributed by atoms with Gasteiger partial charge in [0.15, 0.2) is 0 Å². The smallest absolute Gasteiger partial charge is 0.328 e. The van der Waals surface area contributed by atoms with E-state index in [1.807, 2.05) is 0 Å². The molecule has 0 aliphatic rings. The predicted octanol–water partition coefficient (Wildman–Crippen LogP) is 0.0262. The topological polar surface area (TPSA) is 46.6 Å². The third-order valence-corrected chi connectivity index (χ3v) is 1.62. The summed E-state index contributed by atoms with van der Waals surface area (Å²) in [5.74, 6) is -0.550. The molecular formula is C7H13NO3. The van der Waals surface area contributed by atoms with Crippen molar-refractivity contribution in [3.05, 3.63) is 0 Å². The van der Waals surface area contributed by atoms with Crippen molar-refractivity contribution in [2.75, 3.05) is 14.2 Å². The van der Waals surface area contributed by atoms with Crippen LogP contribution in [0.15, 0.2) is 0 Å². The Labute approximate surface area is 66.1 Å². The number of nitrogens with zero attached hydrogens (tertiary/aromatic N) is 1. The van der Waals surface area contributed by atoms with Crippen molar-refractivity contribution in [3.63, 3.8) is 0 Å². The number of carbonyl (C=O) groups is 2. The van der Waals surface area contributed by atoms with Crippen LogP contribution in [0, 0.1) is 0 Å². The normalized spacial score (nSPS) is 12.0. The molecule has 0 aliphatic heterocycles. The molecule has 1 atom stereocenters. The minimum absolute atomic E-state index is 0.150. The van der Waals surface area contributed by atoms with E-state index in [2.05, 4.69) is 4.74 Å². The van der Waals surface area contributed by atoms with Crippen LogP contribution in [0.25, 0.3) is 0 Å². The standard InChI is InChI=1S/C7H13NO3/c1-5(7(10)11-4)8(3)6(2)9/h5H,1-4H3/t5-/m0/s1. The third kappa shape index (κ3) is 2.57. The van der Waals surface area contributed by atoms with Crippen LogP contribution < -0.4 is 0 Å². The van der Waals surface area contributed by atoms with Crippen LogP contribution in [-0.4, -0.2) is 37.0 Å². The zero-order valence-corrected chi connectivity index (χ0v) is 7.25. The van der Waals surface area contributed by atoms with Gasteiger partial charge in [-0.1, -0.05) is 0 Å². The summed E-state index contributed by atoms with van der Waals surface area (Å²) in [5, 5.41) is 0. The number of ether oxygens (including phenoxy) is 1. The van der Waals surface area contributed by atoms with Crippen molar-refractivity contribution in [1.82, 2.24) is 4.90 Å². The van der Waals surface area contributed by atoms with Gasteiger partial charge in [0.25, 0.3) is 0 Å². The second-order valence-corrected chi connectivity index (χ2v) is 2.33. The zero-order valence-electron chi connectivity index (χ0n) is 7.25. The minimum Gasteiger partial charge on any atom is -0.467 e. The van der Waals surface area contributed by atoms with Crippen molar-refractivity contribution in [2.24, 2.45) is 0 Å². The Morgan fingerprint density at radius 2 is 1.91 bits per heavy atom. The molecule has 0 rings (SSSR count). The third-order valence-electron chi connectivity index (χ3n) is 1.62. The monoisotopic (exact) mass is 159 g/mol. The van der Waals surface area contributed by atoms with E-state index in [-0.39, 0.29) is 5.91 Å². The maximum absolute atomic E-state index is 10.8. The van der Waals surface area contributed by atoms with Crippen LogP contribution in [0.1, 0.15) is 13.8 Å². The average Bonchev–Trinajstić information content (AvgIpc) is 2.00. The van der Waals surface area contributed by atoms with E-state index in [9.17, 15) is 9.59 Å². The van der Waals surface area contributed by atoms with Crippen LogP contribution in [-0.2, 0) is 14.3 Å². The van der Waals surface area contributed by atoms with Gasteiger partial charge >= 0.3 is 5.97 Å². The van der Waals surface area contributed by atoms with Crippen molar-refractivity contribution in [1.29, 1.82) is 0 Å². The molecule has 0 aromatic rings. The molecule has 0 saturated carbocycles. The Morgan fingerprint density at radius 3 is 2.18 bits per heavy atom. The molecule has 0 spiro atoms. The molecule has 0 N–H and O–H groups in total. The van der Waals surface area contributed by atoms with E-state index >= 15 is 0 Å². The van der Waals surface area contributed by atoms with Gasteiger partial charge in [-0.05, 0) is 6.92 Å². The molecule has 4 nitrogen and oxygen atoms in total. The van der Waals surface area contributed by atoms with Gasteiger partial charge in [0.2, 0.25) is 5.91 Å². The van der Waals surface area contributed by atoms with Gasteiger partial charge in [-0.15, -0.1) is 0 Å². The van der Waals surface area contributed by atoms with E-state index in [0.717, 1.165) is 0 Å². The summed E-state index contributed by atoms with van der Waals surface area (Å²) in [6.45, 7) is 3.02. The maximum atomic E-state index is 10.8. The lowest BCUT2D eigenvalue weighted by atomic mass is 10.3.